The summed E-state index contributed by atoms with van der Waals surface area (Å²) in [6.45, 7) is 0. The molecule has 0 aromatic carbocycles. The number of nitrogens with zero attached hydrogens (tertiary/aromatic N) is 1. The minimum Gasteiger partial charge on any atom is -0.481 e. The average molecular weight is 252 g/mol. The Morgan fingerprint density at radius 1 is 1.22 bits per heavy atom. The molecule has 1 aromatic heterocycles. The fourth-order valence-corrected chi connectivity index (χ4v) is 2.22. The number of nitrogen functional groups attached to an aromatic ring is 1. The van der Waals surface area contributed by atoms with Crippen molar-refractivity contribution in [2.24, 2.45) is 0 Å². The van der Waals surface area contributed by atoms with Crippen LogP contribution in [0.1, 0.15) is 25.7 Å². The summed E-state index contributed by atoms with van der Waals surface area (Å²) in [5, 5.41) is 0. The van der Waals surface area contributed by atoms with E-state index in [4.69, 9.17) is 19.9 Å². The van der Waals surface area contributed by atoms with E-state index in [-0.39, 0.29) is 12.2 Å². The molecule has 0 spiro atoms. The quantitative estimate of drug-likeness (QED) is 0.887. The SMILES string of the molecule is COc1ccc(N)c(OC2CCCC(OC)C2)n1. The summed E-state index contributed by atoms with van der Waals surface area (Å²) in [7, 11) is 3.31. The Hall–Kier alpha value is -1.49. The van der Waals surface area contributed by atoms with Crippen molar-refractivity contribution in [3.8, 4) is 11.8 Å². The Morgan fingerprint density at radius 2 is 2.00 bits per heavy atom. The Labute approximate surface area is 107 Å². The molecule has 1 heterocycles. The molecule has 0 saturated heterocycles. The summed E-state index contributed by atoms with van der Waals surface area (Å²) in [4.78, 5) is 4.23. The van der Waals surface area contributed by atoms with E-state index >= 15 is 0 Å². The molecule has 5 nitrogen and oxygen atoms in total. The van der Waals surface area contributed by atoms with Gasteiger partial charge in [-0.15, -0.1) is 0 Å². The highest BCUT2D eigenvalue weighted by molar-refractivity contribution is 5.49. The Kier molecular flexibility index (Phi) is 4.25. The van der Waals surface area contributed by atoms with Crippen LogP contribution in [0.5, 0.6) is 11.8 Å². The van der Waals surface area contributed by atoms with Crippen LogP contribution in [-0.2, 0) is 4.74 Å². The van der Waals surface area contributed by atoms with Gasteiger partial charge in [-0.2, -0.15) is 4.98 Å². The zero-order valence-corrected chi connectivity index (χ0v) is 10.9. The summed E-state index contributed by atoms with van der Waals surface area (Å²) < 4.78 is 16.3. The van der Waals surface area contributed by atoms with Gasteiger partial charge in [0.25, 0.3) is 0 Å². The largest absolute Gasteiger partial charge is 0.481 e. The monoisotopic (exact) mass is 252 g/mol. The lowest BCUT2D eigenvalue weighted by Crippen LogP contribution is -2.30. The molecule has 100 valence electrons. The van der Waals surface area contributed by atoms with E-state index in [0.717, 1.165) is 25.7 Å². The van der Waals surface area contributed by atoms with Gasteiger partial charge in [-0.05, 0) is 25.3 Å². The van der Waals surface area contributed by atoms with Crippen molar-refractivity contribution in [3.05, 3.63) is 12.1 Å². The van der Waals surface area contributed by atoms with Crippen molar-refractivity contribution in [1.82, 2.24) is 4.98 Å². The fraction of sp³-hybridized carbons (Fsp3) is 0.615. The standard InChI is InChI=1S/C13H20N2O3/c1-16-9-4-3-5-10(8-9)18-13-11(14)6-7-12(15-13)17-2/h6-7,9-10H,3-5,8,14H2,1-2H3. The van der Waals surface area contributed by atoms with Gasteiger partial charge in [0.1, 0.15) is 6.10 Å². The molecule has 0 aliphatic heterocycles. The van der Waals surface area contributed by atoms with Crippen LogP contribution in [0.25, 0.3) is 0 Å². The van der Waals surface area contributed by atoms with Crippen LogP contribution in [0.3, 0.4) is 0 Å². The van der Waals surface area contributed by atoms with E-state index in [0.29, 0.717) is 17.4 Å². The van der Waals surface area contributed by atoms with Gasteiger partial charge >= 0.3 is 0 Å². The van der Waals surface area contributed by atoms with Crippen LogP contribution < -0.4 is 15.2 Å². The minimum absolute atomic E-state index is 0.116. The van der Waals surface area contributed by atoms with Gasteiger partial charge in [-0.1, -0.05) is 0 Å². The first-order chi connectivity index (χ1) is 8.72. The highest BCUT2D eigenvalue weighted by Gasteiger charge is 2.24. The fourth-order valence-electron chi connectivity index (χ4n) is 2.22. The molecule has 2 unspecified atom stereocenters. The molecule has 2 N–H and O–H groups in total. The zero-order valence-electron chi connectivity index (χ0n) is 10.9. The lowest BCUT2D eigenvalue weighted by Gasteiger charge is -2.28. The highest BCUT2D eigenvalue weighted by atomic mass is 16.5. The summed E-state index contributed by atoms with van der Waals surface area (Å²) in [6, 6.07) is 3.47. The van der Waals surface area contributed by atoms with Crippen molar-refractivity contribution in [1.29, 1.82) is 0 Å². The van der Waals surface area contributed by atoms with Crippen LogP contribution in [-0.4, -0.2) is 31.4 Å². The molecular weight excluding hydrogens is 232 g/mol. The molecule has 2 atom stereocenters. The molecule has 2 rings (SSSR count). The summed E-state index contributed by atoms with van der Waals surface area (Å²) >= 11 is 0. The Bertz CT molecular complexity index is 398. The number of anilines is 1. The topological polar surface area (TPSA) is 66.6 Å². The van der Waals surface area contributed by atoms with E-state index in [2.05, 4.69) is 4.98 Å². The number of hydrogen-bond donors (Lipinski definition) is 1. The molecule has 0 amide bonds. The second-order valence-electron chi connectivity index (χ2n) is 4.51. The molecule has 18 heavy (non-hydrogen) atoms. The first kappa shape index (κ1) is 13.0. The van der Waals surface area contributed by atoms with Gasteiger partial charge in [0.2, 0.25) is 11.8 Å². The molecule has 1 saturated carbocycles. The molecule has 0 bridgehead atoms. The molecule has 1 fully saturated rings. The molecule has 1 aliphatic carbocycles. The number of hydrogen-bond acceptors (Lipinski definition) is 5. The first-order valence-electron chi connectivity index (χ1n) is 6.23. The molecule has 1 aromatic rings. The van der Waals surface area contributed by atoms with Gasteiger partial charge in [0, 0.05) is 19.6 Å². The van der Waals surface area contributed by atoms with Crippen molar-refractivity contribution in [3.63, 3.8) is 0 Å². The predicted octanol–water partition coefficient (Wildman–Crippen LogP) is 2.01. The van der Waals surface area contributed by atoms with E-state index in [9.17, 15) is 0 Å². The van der Waals surface area contributed by atoms with Crippen molar-refractivity contribution in [2.75, 3.05) is 20.0 Å². The van der Waals surface area contributed by atoms with Gasteiger partial charge < -0.3 is 19.9 Å². The number of ether oxygens (including phenoxy) is 3. The lowest BCUT2D eigenvalue weighted by molar-refractivity contribution is 0.0196. The number of aromatic nitrogens is 1. The smallest absolute Gasteiger partial charge is 0.240 e. The number of rotatable bonds is 4. The first-order valence-corrected chi connectivity index (χ1v) is 6.23. The van der Waals surface area contributed by atoms with Crippen molar-refractivity contribution >= 4 is 5.69 Å². The third kappa shape index (κ3) is 3.04. The van der Waals surface area contributed by atoms with Crippen LogP contribution >= 0.6 is 0 Å². The average Bonchev–Trinajstić information content (AvgIpc) is 2.41. The van der Waals surface area contributed by atoms with Gasteiger partial charge in [0.15, 0.2) is 0 Å². The molecule has 5 heteroatoms. The van der Waals surface area contributed by atoms with Crippen LogP contribution in [0, 0.1) is 0 Å². The highest BCUT2D eigenvalue weighted by Crippen LogP contribution is 2.28. The maximum Gasteiger partial charge on any atom is 0.240 e. The molecule has 0 radical (unpaired) electrons. The molecule has 1 aliphatic rings. The van der Waals surface area contributed by atoms with E-state index in [1.54, 1.807) is 26.4 Å². The Balaban J connectivity index is 2.04. The number of pyridine rings is 1. The second kappa shape index (κ2) is 5.91. The summed E-state index contributed by atoms with van der Waals surface area (Å²) in [5.74, 6) is 0.967. The van der Waals surface area contributed by atoms with Crippen LogP contribution in [0.2, 0.25) is 0 Å². The number of nitrogens with two attached hydrogens (primary N) is 1. The van der Waals surface area contributed by atoms with E-state index in [1.165, 1.54) is 0 Å². The normalized spacial score (nSPS) is 23.7. The van der Waals surface area contributed by atoms with Crippen molar-refractivity contribution in [2.45, 2.75) is 37.9 Å². The van der Waals surface area contributed by atoms with Gasteiger partial charge in [0.05, 0.1) is 18.9 Å². The predicted molar refractivity (Wildman–Crippen MR) is 68.9 cm³/mol. The van der Waals surface area contributed by atoms with Gasteiger partial charge in [-0.3, -0.25) is 0 Å². The maximum absolute atomic E-state index is 5.86. The molecular formula is C13H20N2O3. The summed E-state index contributed by atoms with van der Waals surface area (Å²) in [6.07, 6.45) is 4.48. The van der Waals surface area contributed by atoms with Gasteiger partial charge in [-0.25, -0.2) is 0 Å². The Morgan fingerprint density at radius 3 is 2.72 bits per heavy atom. The minimum atomic E-state index is 0.116. The van der Waals surface area contributed by atoms with Crippen LogP contribution in [0.4, 0.5) is 5.69 Å². The second-order valence-corrected chi connectivity index (χ2v) is 4.51. The third-order valence-electron chi connectivity index (χ3n) is 3.26. The maximum atomic E-state index is 5.86. The third-order valence-corrected chi connectivity index (χ3v) is 3.26. The zero-order chi connectivity index (χ0) is 13.0. The van der Waals surface area contributed by atoms with Crippen molar-refractivity contribution < 1.29 is 14.2 Å². The van der Waals surface area contributed by atoms with E-state index in [1.807, 2.05) is 0 Å². The van der Waals surface area contributed by atoms with Crippen LogP contribution in [0.15, 0.2) is 12.1 Å². The number of methoxy groups -OCH3 is 2. The lowest BCUT2D eigenvalue weighted by atomic mass is 9.95. The van der Waals surface area contributed by atoms with E-state index < -0.39 is 0 Å². The summed E-state index contributed by atoms with van der Waals surface area (Å²) in [5.41, 5.74) is 6.39.